The van der Waals surface area contributed by atoms with Crippen LogP contribution >= 0.6 is 15.9 Å². The zero-order chi connectivity index (χ0) is 11.4. The Balaban J connectivity index is 3.46. The van der Waals surface area contributed by atoms with Crippen LogP contribution in [0.3, 0.4) is 0 Å². The Morgan fingerprint density at radius 3 is 2.67 bits per heavy atom. The Kier molecular flexibility index (Phi) is 4.12. The van der Waals surface area contributed by atoms with Gasteiger partial charge in [0.1, 0.15) is 11.8 Å². The third-order valence-corrected chi connectivity index (χ3v) is 2.50. The van der Waals surface area contributed by atoms with Gasteiger partial charge in [-0.2, -0.15) is 5.26 Å². The third kappa shape index (κ3) is 2.30. The number of aliphatic hydroxyl groups excluding tert-OH is 1. The number of aromatic nitrogens is 1. The number of pyridine rings is 1. The van der Waals surface area contributed by atoms with Crippen molar-refractivity contribution in [1.82, 2.24) is 4.98 Å². The Hall–Kier alpha value is -1.06. The highest BCUT2D eigenvalue weighted by Crippen LogP contribution is 2.29. The van der Waals surface area contributed by atoms with Gasteiger partial charge < -0.3 is 5.11 Å². The molecule has 0 saturated heterocycles. The predicted molar refractivity (Wildman–Crippen MR) is 52.5 cm³/mol. The maximum atomic E-state index is 12.7. The van der Waals surface area contributed by atoms with Crippen LogP contribution in [0.5, 0.6) is 0 Å². The van der Waals surface area contributed by atoms with Crippen LogP contribution in [-0.4, -0.2) is 10.1 Å². The molecular formula is C9H7BrF2N2O. The maximum absolute atomic E-state index is 12.7. The minimum absolute atomic E-state index is 0.0422. The van der Waals surface area contributed by atoms with E-state index < -0.39 is 13.0 Å². The van der Waals surface area contributed by atoms with Crippen molar-refractivity contribution in [2.75, 3.05) is 0 Å². The minimum atomic E-state index is -2.73. The van der Waals surface area contributed by atoms with Crippen molar-refractivity contribution in [3.8, 4) is 6.07 Å². The van der Waals surface area contributed by atoms with E-state index in [1.165, 1.54) is 0 Å². The first-order chi connectivity index (χ1) is 7.15. The van der Waals surface area contributed by atoms with Gasteiger partial charge in [-0.15, -0.1) is 0 Å². The van der Waals surface area contributed by atoms with Gasteiger partial charge in [-0.3, -0.25) is 0 Å². The van der Waals surface area contributed by atoms with Crippen LogP contribution in [0.25, 0.3) is 0 Å². The summed E-state index contributed by atoms with van der Waals surface area (Å²) in [6.07, 6.45) is -1.62. The Morgan fingerprint density at radius 1 is 1.60 bits per heavy atom. The number of hydrogen-bond acceptors (Lipinski definition) is 3. The van der Waals surface area contributed by atoms with E-state index in [4.69, 9.17) is 10.4 Å². The first kappa shape index (κ1) is 12.0. The van der Waals surface area contributed by atoms with Gasteiger partial charge in [0.15, 0.2) is 0 Å². The predicted octanol–water partition coefficient (Wildman–Crippen LogP) is 2.28. The lowest BCUT2D eigenvalue weighted by molar-refractivity contribution is 0.146. The number of rotatable bonds is 3. The molecule has 0 aliphatic carbocycles. The number of halogens is 3. The fraction of sp³-hybridized carbons (Fsp3) is 0.333. The highest BCUT2D eigenvalue weighted by atomic mass is 79.9. The normalized spacial score (nSPS) is 10.4. The van der Waals surface area contributed by atoms with Crippen LogP contribution < -0.4 is 0 Å². The molecule has 80 valence electrons. The molecule has 0 aromatic carbocycles. The Morgan fingerprint density at radius 2 is 2.27 bits per heavy atom. The molecule has 0 unspecified atom stereocenters. The topological polar surface area (TPSA) is 56.9 Å². The quantitative estimate of drug-likeness (QED) is 0.862. The second-order valence-corrected chi connectivity index (χ2v) is 3.29. The molecule has 1 aromatic heterocycles. The zero-order valence-electron chi connectivity index (χ0n) is 7.54. The molecule has 0 amide bonds. The molecule has 1 heterocycles. The summed E-state index contributed by atoms with van der Waals surface area (Å²) in [5.41, 5.74) is -0.155. The van der Waals surface area contributed by atoms with E-state index in [1.807, 2.05) is 0 Å². The largest absolute Gasteiger partial charge is 0.392 e. The van der Waals surface area contributed by atoms with Crippen LogP contribution in [0.1, 0.15) is 28.8 Å². The van der Waals surface area contributed by atoms with Crippen molar-refractivity contribution in [3.63, 3.8) is 0 Å². The summed E-state index contributed by atoms with van der Waals surface area (Å²) in [5.74, 6) is 0. The van der Waals surface area contributed by atoms with E-state index in [9.17, 15) is 8.78 Å². The molecule has 0 aliphatic rings. The number of alkyl halides is 3. The third-order valence-electron chi connectivity index (χ3n) is 1.93. The molecule has 6 heteroatoms. The molecule has 0 saturated carbocycles. The van der Waals surface area contributed by atoms with Crippen molar-refractivity contribution >= 4 is 15.9 Å². The van der Waals surface area contributed by atoms with Crippen LogP contribution in [-0.2, 0) is 11.9 Å². The number of hydrogen-bond donors (Lipinski definition) is 1. The smallest absolute Gasteiger partial charge is 0.264 e. The second kappa shape index (κ2) is 5.14. The zero-order valence-corrected chi connectivity index (χ0v) is 9.13. The van der Waals surface area contributed by atoms with Crippen LogP contribution in [0.4, 0.5) is 8.78 Å². The van der Waals surface area contributed by atoms with Gasteiger partial charge in [-0.25, -0.2) is 13.8 Å². The fourth-order valence-corrected chi connectivity index (χ4v) is 1.81. The molecule has 0 bridgehead atoms. The van der Waals surface area contributed by atoms with Gasteiger partial charge in [0.2, 0.25) is 0 Å². The summed E-state index contributed by atoms with van der Waals surface area (Å²) in [5, 5.41) is 17.7. The van der Waals surface area contributed by atoms with Gasteiger partial charge in [-0.05, 0) is 0 Å². The molecule has 0 atom stereocenters. The first-order valence-electron chi connectivity index (χ1n) is 4.01. The van der Waals surface area contributed by atoms with Crippen molar-refractivity contribution in [2.45, 2.75) is 18.4 Å². The molecule has 0 spiro atoms. The summed E-state index contributed by atoms with van der Waals surface area (Å²) >= 11 is 3.03. The summed E-state index contributed by atoms with van der Waals surface area (Å²) in [4.78, 5) is 3.70. The molecule has 0 aliphatic heterocycles. The maximum Gasteiger partial charge on any atom is 0.264 e. The summed E-state index contributed by atoms with van der Waals surface area (Å²) < 4.78 is 25.4. The average molecular weight is 277 g/mol. The molecule has 0 fully saturated rings. The lowest BCUT2D eigenvalue weighted by atomic mass is 10.0. The molecule has 1 N–H and O–H groups in total. The Bertz CT molecular complexity index is 404. The van der Waals surface area contributed by atoms with E-state index >= 15 is 0 Å². The van der Waals surface area contributed by atoms with Gasteiger partial charge in [0, 0.05) is 28.2 Å². The monoisotopic (exact) mass is 276 g/mol. The van der Waals surface area contributed by atoms with Crippen LogP contribution in [0.2, 0.25) is 0 Å². The van der Waals surface area contributed by atoms with E-state index in [-0.39, 0.29) is 27.7 Å². The minimum Gasteiger partial charge on any atom is -0.392 e. The average Bonchev–Trinajstić information content (AvgIpc) is 2.26. The SMILES string of the molecule is N#Cc1ncc(CO)c(C(F)F)c1CBr. The lowest BCUT2D eigenvalue weighted by Crippen LogP contribution is -2.04. The summed E-state index contributed by atoms with van der Waals surface area (Å²) in [6, 6.07) is 1.74. The van der Waals surface area contributed by atoms with Gasteiger partial charge in [0.05, 0.1) is 6.61 Å². The summed E-state index contributed by atoms with van der Waals surface area (Å²) in [6.45, 7) is -0.515. The van der Waals surface area contributed by atoms with E-state index in [1.54, 1.807) is 6.07 Å². The molecule has 0 radical (unpaired) electrons. The van der Waals surface area contributed by atoms with Crippen molar-refractivity contribution < 1.29 is 13.9 Å². The van der Waals surface area contributed by atoms with Gasteiger partial charge in [0.25, 0.3) is 6.43 Å². The van der Waals surface area contributed by atoms with Crippen molar-refractivity contribution in [2.24, 2.45) is 0 Å². The fourth-order valence-electron chi connectivity index (χ4n) is 1.24. The van der Waals surface area contributed by atoms with Crippen LogP contribution in [0.15, 0.2) is 6.20 Å². The molecule has 3 nitrogen and oxygen atoms in total. The van der Waals surface area contributed by atoms with Crippen molar-refractivity contribution in [3.05, 3.63) is 28.6 Å². The first-order valence-corrected chi connectivity index (χ1v) is 5.13. The Labute approximate surface area is 93.5 Å². The standard InChI is InChI=1S/C9H7BrF2N2O/c10-1-6-7(2-13)14-3-5(4-15)8(6)9(11)12/h3,9,15H,1,4H2. The number of nitriles is 1. The van der Waals surface area contributed by atoms with E-state index in [2.05, 4.69) is 20.9 Å². The highest BCUT2D eigenvalue weighted by molar-refractivity contribution is 9.08. The molecule has 15 heavy (non-hydrogen) atoms. The second-order valence-electron chi connectivity index (χ2n) is 2.73. The van der Waals surface area contributed by atoms with Gasteiger partial charge >= 0.3 is 0 Å². The molecule has 1 aromatic rings. The molecule has 1 rings (SSSR count). The van der Waals surface area contributed by atoms with E-state index in [0.29, 0.717) is 0 Å². The van der Waals surface area contributed by atoms with Gasteiger partial charge in [-0.1, -0.05) is 15.9 Å². The molecular weight excluding hydrogens is 270 g/mol. The van der Waals surface area contributed by atoms with E-state index in [0.717, 1.165) is 6.20 Å². The van der Waals surface area contributed by atoms with Crippen molar-refractivity contribution in [1.29, 1.82) is 5.26 Å². The highest BCUT2D eigenvalue weighted by Gasteiger charge is 2.20. The lowest BCUT2D eigenvalue weighted by Gasteiger charge is -2.11. The number of aliphatic hydroxyl groups is 1. The number of nitrogens with zero attached hydrogens (tertiary/aromatic N) is 2. The summed E-state index contributed by atoms with van der Waals surface area (Å²) in [7, 11) is 0. The van der Waals surface area contributed by atoms with Crippen LogP contribution in [0, 0.1) is 11.3 Å².